The van der Waals surface area contributed by atoms with Gasteiger partial charge in [0.25, 0.3) is 0 Å². The SMILES string of the molecule is C=C1CC[C@H]2[C@@H]3CCC4CCCC[C@@H]4[C@H]3CC[C@]12C. The van der Waals surface area contributed by atoms with Crippen molar-refractivity contribution in [3.05, 3.63) is 12.2 Å². The minimum atomic E-state index is 0.530. The molecule has 4 rings (SSSR count). The predicted octanol–water partition coefficient (Wildman–Crippen LogP) is 5.59. The Morgan fingerprint density at radius 3 is 2.63 bits per heavy atom. The molecule has 0 N–H and O–H groups in total. The molecule has 0 radical (unpaired) electrons. The topological polar surface area (TPSA) is 0 Å². The van der Waals surface area contributed by atoms with Gasteiger partial charge in [0.1, 0.15) is 0 Å². The van der Waals surface area contributed by atoms with E-state index in [1.165, 1.54) is 38.5 Å². The maximum Gasteiger partial charge on any atom is -0.00879 e. The summed E-state index contributed by atoms with van der Waals surface area (Å²) in [6.45, 7) is 6.98. The molecule has 4 aliphatic carbocycles. The number of hydrogen-bond acceptors (Lipinski definition) is 0. The molecular formula is C19H30. The van der Waals surface area contributed by atoms with Crippen LogP contribution in [0.15, 0.2) is 12.2 Å². The predicted molar refractivity (Wildman–Crippen MR) is 80.9 cm³/mol. The van der Waals surface area contributed by atoms with E-state index in [4.69, 9.17) is 0 Å². The molecule has 0 spiro atoms. The van der Waals surface area contributed by atoms with Gasteiger partial charge in [-0.05, 0) is 80.0 Å². The maximum atomic E-state index is 4.43. The number of rotatable bonds is 0. The Balaban J connectivity index is 1.61. The second-order valence-corrected chi connectivity index (χ2v) is 8.32. The molecule has 106 valence electrons. The van der Waals surface area contributed by atoms with Gasteiger partial charge in [-0.25, -0.2) is 0 Å². The molecule has 0 nitrogen and oxygen atoms in total. The van der Waals surface area contributed by atoms with E-state index in [2.05, 4.69) is 13.5 Å². The Kier molecular flexibility index (Phi) is 2.87. The molecule has 4 fully saturated rings. The van der Waals surface area contributed by atoms with Crippen molar-refractivity contribution in [2.75, 3.05) is 0 Å². The lowest BCUT2D eigenvalue weighted by Crippen LogP contribution is -2.46. The highest BCUT2D eigenvalue weighted by Gasteiger charge is 2.54. The van der Waals surface area contributed by atoms with Crippen LogP contribution in [0.25, 0.3) is 0 Å². The lowest BCUT2D eigenvalue weighted by Gasteiger charge is -2.55. The summed E-state index contributed by atoms with van der Waals surface area (Å²) in [7, 11) is 0. The van der Waals surface area contributed by atoms with Crippen LogP contribution in [0.2, 0.25) is 0 Å². The molecule has 0 saturated heterocycles. The number of allylic oxidation sites excluding steroid dienone is 1. The van der Waals surface area contributed by atoms with E-state index in [1.807, 2.05) is 0 Å². The summed E-state index contributed by atoms with van der Waals surface area (Å²) in [6, 6.07) is 0. The molecule has 0 aromatic heterocycles. The van der Waals surface area contributed by atoms with E-state index in [0.29, 0.717) is 5.41 Å². The Hall–Kier alpha value is -0.260. The van der Waals surface area contributed by atoms with Crippen molar-refractivity contribution in [3.8, 4) is 0 Å². The van der Waals surface area contributed by atoms with Gasteiger partial charge in [-0.1, -0.05) is 38.3 Å². The van der Waals surface area contributed by atoms with Crippen LogP contribution < -0.4 is 0 Å². The van der Waals surface area contributed by atoms with E-state index in [9.17, 15) is 0 Å². The van der Waals surface area contributed by atoms with Crippen LogP contribution in [0.1, 0.15) is 71.1 Å². The first kappa shape index (κ1) is 12.5. The lowest BCUT2D eigenvalue weighted by molar-refractivity contribution is -0.0402. The van der Waals surface area contributed by atoms with Gasteiger partial charge in [-0.15, -0.1) is 0 Å². The van der Waals surface area contributed by atoms with Gasteiger partial charge in [-0.3, -0.25) is 0 Å². The minimum Gasteiger partial charge on any atom is -0.0993 e. The second-order valence-electron chi connectivity index (χ2n) is 8.32. The molecule has 0 heteroatoms. The standard InChI is InChI=1S/C19H30/c1-13-7-10-18-17-9-8-14-5-3-4-6-15(14)16(17)11-12-19(13,18)2/h14-18H,1,3-12H2,2H3/t14?,15-,16+,17+,18-,19+/m0/s1. The van der Waals surface area contributed by atoms with Crippen molar-refractivity contribution >= 4 is 0 Å². The summed E-state index contributed by atoms with van der Waals surface area (Å²) in [5.74, 6) is 5.40. The first-order valence-electron chi connectivity index (χ1n) is 8.88. The summed E-state index contributed by atoms with van der Waals surface area (Å²) in [6.07, 6.45) is 15.1. The largest absolute Gasteiger partial charge is 0.0993 e. The third kappa shape index (κ3) is 1.71. The maximum absolute atomic E-state index is 4.43. The number of hydrogen-bond donors (Lipinski definition) is 0. The Morgan fingerprint density at radius 2 is 1.74 bits per heavy atom. The minimum absolute atomic E-state index is 0.530. The summed E-state index contributed by atoms with van der Waals surface area (Å²) >= 11 is 0. The Morgan fingerprint density at radius 1 is 0.895 bits per heavy atom. The quantitative estimate of drug-likeness (QED) is 0.497. The van der Waals surface area contributed by atoms with Crippen LogP contribution in [0.3, 0.4) is 0 Å². The molecule has 0 amide bonds. The third-order valence-corrected chi connectivity index (χ3v) is 7.84. The van der Waals surface area contributed by atoms with Gasteiger partial charge in [0, 0.05) is 0 Å². The highest BCUT2D eigenvalue weighted by Crippen LogP contribution is 2.63. The van der Waals surface area contributed by atoms with E-state index >= 15 is 0 Å². The van der Waals surface area contributed by atoms with Crippen molar-refractivity contribution in [3.63, 3.8) is 0 Å². The van der Waals surface area contributed by atoms with Crippen molar-refractivity contribution < 1.29 is 0 Å². The Labute approximate surface area is 119 Å². The zero-order valence-electron chi connectivity index (χ0n) is 12.7. The van der Waals surface area contributed by atoms with Crippen LogP contribution in [-0.2, 0) is 0 Å². The van der Waals surface area contributed by atoms with Crippen molar-refractivity contribution in [2.24, 2.45) is 35.0 Å². The summed E-state index contributed by atoms with van der Waals surface area (Å²) < 4.78 is 0. The van der Waals surface area contributed by atoms with E-state index < -0.39 is 0 Å². The normalized spacial score (nSPS) is 53.3. The average molecular weight is 258 g/mol. The molecule has 4 saturated carbocycles. The molecule has 1 unspecified atom stereocenters. The smallest absolute Gasteiger partial charge is 0.00879 e. The van der Waals surface area contributed by atoms with Gasteiger partial charge in [0.05, 0.1) is 0 Å². The van der Waals surface area contributed by atoms with Crippen LogP contribution in [0.4, 0.5) is 0 Å². The highest BCUT2D eigenvalue weighted by molar-refractivity contribution is 5.20. The summed E-state index contributed by atoms with van der Waals surface area (Å²) in [5, 5.41) is 0. The molecule has 0 aromatic rings. The molecule has 0 heterocycles. The zero-order chi connectivity index (χ0) is 13.0. The monoisotopic (exact) mass is 258 g/mol. The summed E-state index contributed by atoms with van der Waals surface area (Å²) in [4.78, 5) is 0. The fourth-order valence-corrected chi connectivity index (χ4v) is 6.74. The fourth-order valence-electron chi connectivity index (χ4n) is 6.74. The molecule has 0 aromatic carbocycles. The molecule has 4 aliphatic rings. The van der Waals surface area contributed by atoms with Gasteiger partial charge in [0.2, 0.25) is 0 Å². The van der Waals surface area contributed by atoms with Crippen molar-refractivity contribution in [2.45, 2.75) is 71.1 Å². The van der Waals surface area contributed by atoms with E-state index in [-0.39, 0.29) is 0 Å². The molecule has 6 atom stereocenters. The lowest BCUT2D eigenvalue weighted by atomic mass is 9.50. The average Bonchev–Trinajstić information content (AvgIpc) is 2.75. The molecule has 19 heavy (non-hydrogen) atoms. The van der Waals surface area contributed by atoms with Crippen LogP contribution >= 0.6 is 0 Å². The second kappa shape index (κ2) is 4.37. The summed E-state index contributed by atoms with van der Waals surface area (Å²) in [5.41, 5.74) is 2.13. The van der Waals surface area contributed by atoms with E-state index in [1.54, 1.807) is 31.3 Å². The molecular weight excluding hydrogens is 228 g/mol. The van der Waals surface area contributed by atoms with Crippen LogP contribution in [0, 0.1) is 35.0 Å². The van der Waals surface area contributed by atoms with Crippen LogP contribution in [-0.4, -0.2) is 0 Å². The third-order valence-electron chi connectivity index (χ3n) is 7.84. The molecule has 0 aliphatic heterocycles. The first-order chi connectivity index (χ1) is 9.20. The highest BCUT2D eigenvalue weighted by atomic mass is 14.6. The van der Waals surface area contributed by atoms with Gasteiger partial charge < -0.3 is 0 Å². The Bertz CT molecular complexity index is 381. The van der Waals surface area contributed by atoms with Crippen LogP contribution in [0.5, 0.6) is 0 Å². The fraction of sp³-hybridized carbons (Fsp3) is 0.895. The van der Waals surface area contributed by atoms with Crippen molar-refractivity contribution in [1.82, 2.24) is 0 Å². The first-order valence-corrected chi connectivity index (χ1v) is 8.88. The zero-order valence-corrected chi connectivity index (χ0v) is 12.7. The molecule has 0 bridgehead atoms. The van der Waals surface area contributed by atoms with Gasteiger partial charge >= 0.3 is 0 Å². The van der Waals surface area contributed by atoms with Crippen molar-refractivity contribution in [1.29, 1.82) is 0 Å². The van der Waals surface area contributed by atoms with E-state index in [0.717, 1.165) is 29.6 Å². The van der Waals surface area contributed by atoms with Gasteiger partial charge in [-0.2, -0.15) is 0 Å². The van der Waals surface area contributed by atoms with Gasteiger partial charge in [0.15, 0.2) is 0 Å². The number of fused-ring (bicyclic) bond motifs is 5.